The second-order valence-electron chi connectivity index (χ2n) is 2.19. The van der Waals surface area contributed by atoms with Crippen LogP contribution in [0.3, 0.4) is 0 Å². The van der Waals surface area contributed by atoms with E-state index in [9.17, 15) is 0 Å². The van der Waals surface area contributed by atoms with Crippen LogP contribution in [0.15, 0.2) is 0 Å². The van der Waals surface area contributed by atoms with Crippen LogP contribution in [0.1, 0.15) is 6.42 Å². The van der Waals surface area contributed by atoms with Crippen molar-refractivity contribution in [1.29, 1.82) is 0 Å². The predicted octanol–water partition coefficient (Wildman–Crippen LogP) is -0.483. The van der Waals surface area contributed by atoms with Gasteiger partial charge in [-0.2, -0.15) is 0 Å². The fraction of sp³-hybridized carbons (Fsp3) is 1.00. The number of hydrogen-bond donors (Lipinski definition) is 2. The summed E-state index contributed by atoms with van der Waals surface area (Å²) in [5.41, 5.74) is 5.44. The second kappa shape index (κ2) is 4.06. The van der Waals surface area contributed by atoms with Gasteiger partial charge in [0.1, 0.15) is 0 Å². The predicted molar refractivity (Wildman–Crippen MR) is 36.7 cm³/mol. The third kappa shape index (κ3) is 3.01. The molecule has 1 saturated heterocycles. The minimum Gasteiger partial charge on any atom is -0.391 e. The van der Waals surface area contributed by atoms with Crippen molar-refractivity contribution in [3.8, 4) is 0 Å². The molecule has 0 aliphatic carbocycles. The van der Waals surface area contributed by atoms with Gasteiger partial charge >= 0.3 is 0 Å². The molecule has 3 N–H and O–H groups in total. The summed E-state index contributed by atoms with van der Waals surface area (Å²) in [5.74, 6) is 0. The van der Waals surface area contributed by atoms with Crippen LogP contribution in [-0.2, 0) is 4.74 Å². The molecule has 0 amide bonds. The van der Waals surface area contributed by atoms with Gasteiger partial charge in [0.25, 0.3) is 0 Å². The van der Waals surface area contributed by atoms with Gasteiger partial charge < -0.3 is 15.6 Å². The number of aliphatic hydroxyl groups excluding tert-OH is 1. The zero-order valence-corrected chi connectivity index (χ0v) is 5.93. The summed E-state index contributed by atoms with van der Waals surface area (Å²) in [5, 5.41) is 8.87. The maximum absolute atomic E-state index is 8.87. The Kier molecular flexibility index (Phi) is 4.14. The van der Waals surface area contributed by atoms with Gasteiger partial charge in [0, 0.05) is 6.04 Å². The average Bonchev–Trinajstić information content (AvgIpc) is 1.64. The van der Waals surface area contributed by atoms with Gasteiger partial charge in [-0.3, -0.25) is 0 Å². The molecular weight excluding hydrogens is 142 g/mol. The number of rotatable bonds is 0. The highest BCUT2D eigenvalue weighted by Gasteiger charge is 2.16. The van der Waals surface area contributed by atoms with Crippen LogP contribution in [0.5, 0.6) is 0 Å². The summed E-state index contributed by atoms with van der Waals surface area (Å²) in [6.07, 6.45) is 0.346. The molecule has 1 fully saturated rings. The molecular formula is C5H12ClNO2. The first kappa shape index (κ1) is 9.17. The molecule has 3 nitrogen and oxygen atoms in total. The van der Waals surface area contributed by atoms with Gasteiger partial charge in [-0.15, -0.1) is 12.4 Å². The van der Waals surface area contributed by atoms with Crippen LogP contribution in [0.2, 0.25) is 0 Å². The Labute approximate surface area is 60.6 Å². The van der Waals surface area contributed by atoms with E-state index in [4.69, 9.17) is 15.6 Å². The maximum Gasteiger partial charge on any atom is 0.0789 e. The van der Waals surface area contributed by atoms with Crippen LogP contribution >= 0.6 is 12.4 Å². The molecule has 0 bridgehead atoms. The van der Waals surface area contributed by atoms with E-state index in [-0.39, 0.29) is 24.6 Å². The second-order valence-corrected chi connectivity index (χ2v) is 2.19. The van der Waals surface area contributed by atoms with Gasteiger partial charge in [-0.1, -0.05) is 0 Å². The summed E-state index contributed by atoms with van der Waals surface area (Å²) >= 11 is 0. The van der Waals surface area contributed by atoms with Gasteiger partial charge in [-0.05, 0) is 6.42 Å². The van der Waals surface area contributed by atoms with Gasteiger partial charge in [0.15, 0.2) is 0 Å². The van der Waals surface area contributed by atoms with Crippen molar-refractivity contribution in [1.82, 2.24) is 0 Å². The van der Waals surface area contributed by atoms with Gasteiger partial charge in [-0.25, -0.2) is 0 Å². The maximum atomic E-state index is 8.87. The zero-order chi connectivity index (χ0) is 5.98. The Morgan fingerprint density at radius 2 is 2.11 bits per heavy atom. The summed E-state index contributed by atoms with van der Waals surface area (Å²) in [6, 6.07) is 0.0405. The molecule has 1 aliphatic heterocycles. The topological polar surface area (TPSA) is 55.5 Å². The van der Waals surface area contributed by atoms with E-state index in [1.165, 1.54) is 0 Å². The number of aliphatic hydroxyl groups is 1. The van der Waals surface area contributed by atoms with Gasteiger partial charge in [0.05, 0.1) is 19.3 Å². The third-order valence-electron chi connectivity index (χ3n) is 1.22. The molecule has 2 atom stereocenters. The Morgan fingerprint density at radius 1 is 1.44 bits per heavy atom. The van der Waals surface area contributed by atoms with Gasteiger partial charge in [0.2, 0.25) is 0 Å². The molecule has 0 spiro atoms. The highest BCUT2D eigenvalue weighted by Crippen LogP contribution is 2.03. The van der Waals surface area contributed by atoms with E-state index in [0.717, 1.165) is 0 Å². The molecule has 0 unspecified atom stereocenters. The first-order chi connectivity index (χ1) is 3.79. The Balaban J connectivity index is 0.000000640. The largest absolute Gasteiger partial charge is 0.391 e. The van der Waals surface area contributed by atoms with E-state index in [1.807, 2.05) is 0 Å². The summed E-state index contributed by atoms with van der Waals surface area (Å²) in [7, 11) is 0. The summed E-state index contributed by atoms with van der Waals surface area (Å²) in [4.78, 5) is 0. The summed E-state index contributed by atoms with van der Waals surface area (Å²) in [6.45, 7) is 1.05. The van der Waals surface area contributed by atoms with E-state index in [2.05, 4.69) is 0 Å². The van der Waals surface area contributed by atoms with Crippen LogP contribution in [-0.4, -0.2) is 30.5 Å². The van der Waals surface area contributed by atoms with Crippen LogP contribution in [0.25, 0.3) is 0 Å². The number of nitrogens with two attached hydrogens (primary N) is 1. The fourth-order valence-corrected chi connectivity index (χ4v) is 0.841. The van der Waals surface area contributed by atoms with Crippen molar-refractivity contribution in [3.63, 3.8) is 0 Å². The molecule has 0 radical (unpaired) electrons. The number of halogens is 1. The fourth-order valence-electron chi connectivity index (χ4n) is 0.841. The van der Waals surface area contributed by atoms with E-state index in [1.54, 1.807) is 0 Å². The molecule has 1 rings (SSSR count). The van der Waals surface area contributed by atoms with E-state index >= 15 is 0 Å². The standard InChI is InChI=1S/C5H11NO2.ClH/c6-4-1-5(7)3-8-2-4;/h4-5,7H,1-3,6H2;1H/t4-,5-;/m0./s1. The lowest BCUT2D eigenvalue weighted by Gasteiger charge is -2.22. The van der Waals surface area contributed by atoms with Crippen LogP contribution in [0.4, 0.5) is 0 Å². The first-order valence-corrected chi connectivity index (χ1v) is 2.80. The average molecular weight is 154 g/mol. The highest BCUT2D eigenvalue weighted by molar-refractivity contribution is 5.85. The van der Waals surface area contributed by atoms with Crippen molar-refractivity contribution in [2.45, 2.75) is 18.6 Å². The third-order valence-corrected chi connectivity index (χ3v) is 1.22. The van der Waals surface area contributed by atoms with Crippen molar-refractivity contribution in [2.24, 2.45) is 5.73 Å². The molecule has 1 aliphatic rings. The quantitative estimate of drug-likeness (QED) is 0.494. The molecule has 0 saturated carbocycles. The Hall–Kier alpha value is 0.170. The monoisotopic (exact) mass is 153 g/mol. The SMILES string of the molecule is Cl.N[C@@H]1COC[C@@H](O)C1. The lowest BCUT2D eigenvalue weighted by Crippen LogP contribution is -2.38. The Morgan fingerprint density at radius 3 is 2.44 bits per heavy atom. The molecule has 1 heterocycles. The number of hydrogen-bond acceptors (Lipinski definition) is 3. The van der Waals surface area contributed by atoms with E-state index < -0.39 is 0 Å². The van der Waals surface area contributed by atoms with Crippen molar-refractivity contribution < 1.29 is 9.84 Å². The minimum atomic E-state index is -0.334. The first-order valence-electron chi connectivity index (χ1n) is 2.80. The molecule has 56 valence electrons. The molecule has 0 aromatic heterocycles. The smallest absolute Gasteiger partial charge is 0.0789 e. The molecule has 0 aromatic rings. The lowest BCUT2D eigenvalue weighted by atomic mass is 10.1. The van der Waals surface area contributed by atoms with Crippen molar-refractivity contribution in [2.75, 3.05) is 13.2 Å². The number of ether oxygens (including phenoxy) is 1. The Bertz CT molecular complexity index is 73.4. The molecule has 0 aromatic carbocycles. The van der Waals surface area contributed by atoms with Crippen molar-refractivity contribution >= 4 is 12.4 Å². The zero-order valence-electron chi connectivity index (χ0n) is 5.12. The minimum absolute atomic E-state index is 0. The summed E-state index contributed by atoms with van der Waals surface area (Å²) < 4.78 is 4.92. The van der Waals surface area contributed by atoms with Crippen LogP contribution < -0.4 is 5.73 Å². The molecule has 9 heavy (non-hydrogen) atoms. The normalized spacial score (nSPS) is 35.3. The lowest BCUT2D eigenvalue weighted by molar-refractivity contribution is -0.0154. The molecule has 4 heteroatoms. The highest BCUT2D eigenvalue weighted by atomic mass is 35.5. The van der Waals surface area contributed by atoms with E-state index in [0.29, 0.717) is 19.6 Å². The van der Waals surface area contributed by atoms with Crippen molar-refractivity contribution in [3.05, 3.63) is 0 Å². The van der Waals surface area contributed by atoms with Crippen LogP contribution in [0, 0.1) is 0 Å².